The lowest BCUT2D eigenvalue weighted by molar-refractivity contribution is -0.124. The van der Waals surface area contributed by atoms with Crippen molar-refractivity contribution in [1.29, 1.82) is 0 Å². The van der Waals surface area contributed by atoms with Gasteiger partial charge in [0.05, 0.1) is 13.7 Å². The van der Waals surface area contributed by atoms with Gasteiger partial charge in [-0.1, -0.05) is 12.1 Å². The highest BCUT2D eigenvalue weighted by molar-refractivity contribution is 5.91. The zero-order valence-corrected chi connectivity index (χ0v) is 14.9. The highest BCUT2D eigenvalue weighted by Gasteiger charge is 2.07. The van der Waals surface area contributed by atoms with Gasteiger partial charge in [0.2, 0.25) is 5.91 Å². The van der Waals surface area contributed by atoms with Gasteiger partial charge in [-0.25, -0.2) is 0 Å². The summed E-state index contributed by atoms with van der Waals surface area (Å²) in [6.45, 7) is 3.12. The third-order valence-corrected chi connectivity index (χ3v) is 3.71. The van der Waals surface area contributed by atoms with Gasteiger partial charge in [0.25, 0.3) is 0 Å². The smallest absolute Gasteiger partial charge is 0.246 e. The number of aromatic nitrogens is 1. The predicted octanol–water partition coefficient (Wildman–Crippen LogP) is 3.20. The number of carbonyl (C=O) groups excluding carboxylic acids is 1. The Kier molecular flexibility index (Phi) is 7.01. The van der Waals surface area contributed by atoms with Gasteiger partial charge in [0.15, 0.2) is 11.5 Å². The van der Waals surface area contributed by atoms with E-state index >= 15 is 0 Å². The first-order chi connectivity index (χ1) is 12.1. The van der Waals surface area contributed by atoms with Gasteiger partial charge in [-0.05, 0) is 42.8 Å². The van der Waals surface area contributed by atoms with Gasteiger partial charge < -0.3 is 14.4 Å². The molecule has 2 rings (SSSR count). The summed E-state index contributed by atoms with van der Waals surface area (Å²) in [7, 11) is 3.39. The lowest BCUT2D eigenvalue weighted by Crippen LogP contribution is -2.27. The second-order valence-electron chi connectivity index (χ2n) is 5.51. The van der Waals surface area contributed by atoms with Crippen molar-refractivity contribution in [2.45, 2.75) is 13.3 Å². The number of amides is 1. The Morgan fingerprint density at radius 3 is 2.76 bits per heavy atom. The number of pyridine rings is 1. The summed E-state index contributed by atoms with van der Waals surface area (Å²) in [4.78, 5) is 18.2. The quantitative estimate of drug-likeness (QED) is 0.693. The minimum atomic E-state index is -0.0521. The van der Waals surface area contributed by atoms with Crippen LogP contribution in [0.15, 0.2) is 48.7 Å². The van der Waals surface area contributed by atoms with E-state index < -0.39 is 0 Å². The molecule has 1 amide bonds. The van der Waals surface area contributed by atoms with Crippen LogP contribution < -0.4 is 9.47 Å². The van der Waals surface area contributed by atoms with Crippen molar-refractivity contribution in [2.24, 2.45) is 0 Å². The molecule has 5 nitrogen and oxygen atoms in total. The highest BCUT2D eigenvalue weighted by Crippen LogP contribution is 2.28. The molecule has 5 heteroatoms. The van der Waals surface area contributed by atoms with Gasteiger partial charge in [0, 0.05) is 38.0 Å². The van der Waals surface area contributed by atoms with E-state index in [2.05, 4.69) is 4.98 Å². The van der Waals surface area contributed by atoms with Gasteiger partial charge in [-0.15, -0.1) is 0 Å². The Bertz CT molecular complexity index is 714. The predicted molar refractivity (Wildman–Crippen MR) is 98.8 cm³/mol. The lowest BCUT2D eigenvalue weighted by atomic mass is 10.2. The molecular weight excluding hydrogens is 316 g/mol. The maximum Gasteiger partial charge on any atom is 0.246 e. The number of hydrogen-bond acceptors (Lipinski definition) is 4. The molecule has 0 saturated carbocycles. The van der Waals surface area contributed by atoms with Crippen LogP contribution in [0.4, 0.5) is 0 Å². The van der Waals surface area contributed by atoms with Crippen molar-refractivity contribution in [2.75, 3.05) is 27.3 Å². The van der Waals surface area contributed by atoms with Crippen LogP contribution in [-0.2, 0) is 11.2 Å². The maximum atomic E-state index is 12.2. The first kappa shape index (κ1) is 18.5. The third kappa shape index (κ3) is 5.64. The van der Waals surface area contributed by atoms with E-state index in [1.165, 1.54) is 0 Å². The number of likely N-dealkylation sites (N-methyl/N-ethyl adjacent to an activating group) is 1. The molecule has 0 aliphatic rings. The molecule has 0 fully saturated rings. The minimum Gasteiger partial charge on any atom is -0.493 e. The molecule has 25 heavy (non-hydrogen) atoms. The average Bonchev–Trinajstić information content (AvgIpc) is 2.66. The van der Waals surface area contributed by atoms with Crippen molar-refractivity contribution in [3.63, 3.8) is 0 Å². The first-order valence-corrected chi connectivity index (χ1v) is 8.28. The van der Waals surface area contributed by atoms with Crippen LogP contribution in [0.5, 0.6) is 11.5 Å². The standard InChI is InChI=1S/C20H24N2O3/c1-4-25-18-10-8-16(15-19(18)24-3)9-11-20(23)22(2)14-12-17-7-5-6-13-21-17/h5-11,13,15H,4,12,14H2,1-3H3. The van der Waals surface area contributed by atoms with Crippen LogP contribution in [0, 0.1) is 0 Å². The summed E-state index contributed by atoms with van der Waals surface area (Å²) >= 11 is 0. The second kappa shape index (κ2) is 9.47. The fraction of sp³-hybridized carbons (Fsp3) is 0.300. The third-order valence-electron chi connectivity index (χ3n) is 3.71. The zero-order valence-electron chi connectivity index (χ0n) is 14.9. The largest absolute Gasteiger partial charge is 0.493 e. The number of ether oxygens (including phenoxy) is 2. The molecule has 0 atom stereocenters. The first-order valence-electron chi connectivity index (χ1n) is 8.28. The van der Waals surface area contributed by atoms with E-state index in [-0.39, 0.29) is 5.91 Å². The molecule has 0 aliphatic heterocycles. The van der Waals surface area contributed by atoms with Gasteiger partial charge in [0.1, 0.15) is 0 Å². The zero-order chi connectivity index (χ0) is 18.1. The molecule has 0 saturated heterocycles. The van der Waals surface area contributed by atoms with Crippen molar-refractivity contribution in [1.82, 2.24) is 9.88 Å². The van der Waals surface area contributed by atoms with E-state index in [0.717, 1.165) is 17.7 Å². The highest BCUT2D eigenvalue weighted by atomic mass is 16.5. The fourth-order valence-electron chi connectivity index (χ4n) is 2.30. The molecule has 0 unspecified atom stereocenters. The topological polar surface area (TPSA) is 51.7 Å². The average molecular weight is 340 g/mol. The number of carbonyl (C=O) groups is 1. The van der Waals surface area contributed by atoms with E-state index in [1.807, 2.05) is 43.3 Å². The number of rotatable bonds is 8. The maximum absolute atomic E-state index is 12.2. The van der Waals surface area contributed by atoms with Crippen molar-refractivity contribution in [3.8, 4) is 11.5 Å². The van der Waals surface area contributed by atoms with E-state index in [4.69, 9.17) is 9.47 Å². The Hall–Kier alpha value is -2.82. The number of methoxy groups -OCH3 is 1. The van der Waals surface area contributed by atoms with Crippen molar-refractivity contribution in [3.05, 3.63) is 59.9 Å². The molecule has 132 valence electrons. The Morgan fingerprint density at radius 2 is 2.08 bits per heavy atom. The molecule has 1 aromatic carbocycles. The SMILES string of the molecule is CCOc1ccc(C=CC(=O)N(C)CCc2ccccn2)cc1OC. The molecule has 0 spiro atoms. The molecule has 1 heterocycles. The molecule has 0 aliphatic carbocycles. The van der Waals surface area contributed by atoms with Crippen molar-refractivity contribution >= 4 is 12.0 Å². The van der Waals surface area contributed by atoms with E-state index in [1.54, 1.807) is 37.4 Å². The van der Waals surface area contributed by atoms with Crippen LogP contribution in [-0.4, -0.2) is 43.1 Å². The summed E-state index contributed by atoms with van der Waals surface area (Å²) in [6.07, 6.45) is 5.83. The van der Waals surface area contributed by atoms with Crippen molar-refractivity contribution < 1.29 is 14.3 Å². The summed E-state index contributed by atoms with van der Waals surface area (Å²) in [5, 5.41) is 0. The Labute approximate surface area is 148 Å². The summed E-state index contributed by atoms with van der Waals surface area (Å²) < 4.78 is 10.8. The molecule has 0 radical (unpaired) electrons. The van der Waals surface area contributed by atoms with Crippen LogP contribution >= 0.6 is 0 Å². The van der Waals surface area contributed by atoms with Gasteiger partial charge >= 0.3 is 0 Å². The summed E-state index contributed by atoms with van der Waals surface area (Å²) in [5.74, 6) is 1.30. The van der Waals surface area contributed by atoms with E-state index in [0.29, 0.717) is 24.7 Å². The lowest BCUT2D eigenvalue weighted by Gasteiger charge is -2.14. The van der Waals surface area contributed by atoms with Crippen LogP contribution in [0.2, 0.25) is 0 Å². The van der Waals surface area contributed by atoms with Gasteiger partial charge in [-0.2, -0.15) is 0 Å². The molecule has 2 aromatic rings. The van der Waals surface area contributed by atoms with Gasteiger partial charge in [-0.3, -0.25) is 9.78 Å². The van der Waals surface area contributed by atoms with E-state index in [9.17, 15) is 4.79 Å². The number of nitrogens with zero attached hydrogens (tertiary/aromatic N) is 2. The van der Waals surface area contributed by atoms with Crippen LogP contribution in [0.1, 0.15) is 18.2 Å². The monoisotopic (exact) mass is 340 g/mol. The Balaban J connectivity index is 1.94. The summed E-state index contributed by atoms with van der Waals surface area (Å²) in [6, 6.07) is 11.4. The molecule has 0 N–H and O–H groups in total. The molecule has 1 aromatic heterocycles. The fourth-order valence-corrected chi connectivity index (χ4v) is 2.30. The number of hydrogen-bond donors (Lipinski definition) is 0. The minimum absolute atomic E-state index is 0.0521. The van der Waals surface area contributed by atoms with Crippen LogP contribution in [0.3, 0.4) is 0 Å². The number of benzene rings is 1. The molecule has 0 bridgehead atoms. The van der Waals surface area contributed by atoms with Crippen LogP contribution in [0.25, 0.3) is 6.08 Å². The normalized spacial score (nSPS) is 10.7. The summed E-state index contributed by atoms with van der Waals surface area (Å²) in [5.41, 5.74) is 1.86. The second-order valence-corrected chi connectivity index (χ2v) is 5.51. The Morgan fingerprint density at radius 1 is 1.24 bits per heavy atom. The molecular formula is C20H24N2O3.